The second-order valence-corrected chi connectivity index (χ2v) is 5.18. The van der Waals surface area contributed by atoms with E-state index in [2.05, 4.69) is 10.3 Å². The Morgan fingerprint density at radius 2 is 1.95 bits per heavy atom. The SMILES string of the molecule is O=C(Cn1cnc2ccccc2c1=O)NCCCCCCO. The first-order valence-electron chi connectivity index (χ1n) is 7.54. The molecule has 0 fully saturated rings. The van der Waals surface area contributed by atoms with Gasteiger partial charge in [0, 0.05) is 13.2 Å². The minimum absolute atomic E-state index is 0.0205. The van der Waals surface area contributed by atoms with Crippen molar-refractivity contribution in [1.29, 1.82) is 0 Å². The number of rotatable bonds is 8. The van der Waals surface area contributed by atoms with Gasteiger partial charge < -0.3 is 10.4 Å². The molecule has 0 radical (unpaired) electrons. The molecule has 0 aliphatic carbocycles. The average molecular weight is 303 g/mol. The van der Waals surface area contributed by atoms with Gasteiger partial charge in [0.15, 0.2) is 0 Å². The summed E-state index contributed by atoms with van der Waals surface area (Å²) in [7, 11) is 0. The van der Waals surface area contributed by atoms with Crippen molar-refractivity contribution in [2.24, 2.45) is 0 Å². The molecule has 22 heavy (non-hydrogen) atoms. The minimum atomic E-state index is -0.205. The fourth-order valence-electron chi connectivity index (χ4n) is 2.25. The highest BCUT2D eigenvalue weighted by Crippen LogP contribution is 2.04. The number of nitrogens with one attached hydrogen (secondary N) is 1. The van der Waals surface area contributed by atoms with Crippen LogP contribution in [0.25, 0.3) is 10.9 Å². The van der Waals surface area contributed by atoms with Gasteiger partial charge in [0.1, 0.15) is 6.54 Å². The fraction of sp³-hybridized carbons (Fsp3) is 0.438. The third-order valence-corrected chi connectivity index (χ3v) is 3.45. The average Bonchev–Trinajstić information content (AvgIpc) is 2.54. The van der Waals surface area contributed by atoms with Gasteiger partial charge in [-0.3, -0.25) is 14.2 Å². The predicted molar refractivity (Wildman–Crippen MR) is 84.6 cm³/mol. The number of aliphatic hydroxyl groups is 1. The van der Waals surface area contributed by atoms with Gasteiger partial charge in [-0.25, -0.2) is 4.98 Å². The summed E-state index contributed by atoms with van der Waals surface area (Å²) >= 11 is 0. The highest BCUT2D eigenvalue weighted by molar-refractivity contribution is 5.78. The molecule has 6 nitrogen and oxygen atoms in total. The Morgan fingerprint density at radius 3 is 2.77 bits per heavy atom. The van der Waals surface area contributed by atoms with Gasteiger partial charge in [-0.15, -0.1) is 0 Å². The lowest BCUT2D eigenvalue weighted by molar-refractivity contribution is -0.121. The number of hydrogen-bond acceptors (Lipinski definition) is 4. The number of nitrogens with zero attached hydrogens (tertiary/aromatic N) is 2. The van der Waals surface area contributed by atoms with Gasteiger partial charge in [0.05, 0.1) is 17.2 Å². The van der Waals surface area contributed by atoms with Gasteiger partial charge in [0.2, 0.25) is 5.91 Å². The molecule has 0 bridgehead atoms. The lowest BCUT2D eigenvalue weighted by Gasteiger charge is -2.08. The number of fused-ring (bicyclic) bond motifs is 1. The van der Waals surface area contributed by atoms with Crippen molar-refractivity contribution < 1.29 is 9.90 Å². The van der Waals surface area contributed by atoms with Crippen molar-refractivity contribution >= 4 is 16.8 Å². The monoisotopic (exact) mass is 303 g/mol. The molecule has 1 heterocycles. The molecule has 1 amide bonds. The van der Waals surface area contributed by atoms with Gasteiger partial charge in [-0.05, 0) is 25.0 Å². The van der Waals surface area contributed by atoms with E-state index in [9.17, 15) is 9.59 Å². The number of para-hydroxylation sites is 1. The van der Waals surface area contributed by atoms with Crippen molar-refractivity contribution in [3.05, 3.63) is 40.9 Å². The molecule has 0 aliphatic rings. The van der Waals surface area contributed by atoms with E-state index in [-0.39, 0.29) is 24.6 Å². The Kier molecular flexibility index (Phi) is 6.09. The lowest BCUT2D eigenvalue weighted by Crippen LogP contribution is -2.33. The molecular formula is C16H21N3O3. The second kappa shape index (κ2) is 8.29. The number of aromatic nitrogens is 2. The van der Waals surface area contributed by atoms with Crippen LogP contribution in [-0.2, 0) is 11.3 Å². The molecular weight excluding hydrogens is 282 g/mol. The summed E-state index contributed by atoms with van der Waals surface area (Å²) in [6.45, 7) is 0.775. The zero-order valence-corrected chi connectivity index (χ0v) is 12.5. The topological polar surface area (TPSA) is 84.2 Å². The zero-order valence-electron chi connectivity index (χ0n) is 12.5. The summed E-state index contributed by atoms with van der Waals surface area (Å²) in [4.78, 5) is 28.3. The molecule has 0 aliphatic heterocycles. The van der Waals surface area contributed by atoms with Crippen LogP contribution in [0.4, 0.5) is 0 Å². The van der Waals surface area contributed by atoms with Gasteiger partial charge in [-0.2, -0.15) is 0 Å². The maximum absolute atomic E-state index is 12.2. The summed E-state index contributed by atoms with van der Waals surface area (Å²) in [6.07, 6.45) is 5.01. The molecule has 2 N–H and O–H groups in total. The Hall–Kier alpha value is -2.21. The summed E-state index contributed by atoms with van der Waals surface area (Å²) in [5.74, 6) is -0.193. The summed E-state index contributed by atoms with van der Waals surface area (Å²) in [6, 6.07) is 7.08. The van der Waals surface area contributed by atoms with Crippen molar-refractivity contribution in [3.8, 4) is 0 Å². The Morgan fingerprint density at radius 1 is 1.18 bits per heavy atom. The van der Waals surface area contributed by atoms with E-state index in [4.69, 9.17) is 5.11 Å². The maximum Gasteiger partial charge on any atom is 0.261 e. The van der Waals surface area contributed by atoms with Crippen molar-refractivity contribution in [2.45, 2.75) is 32.2 Å². The van der Waals surface area contributed by atoms with Crippen LogP contribution in [0.1, 0.15) is 25.7 Å². The van der Waals surface area contributed by atoms with Crippen LogP contribution in [0.5, 0.6) is 0 Å². The highest BCUT2D eigenvalue weighted by atomic mass is 16.3. The first kappa shape index (κ1) is 16.2. The van der Waals surface area contributed by atoms with E-state index in [0.717, 1.165) is 25.7 Å². The molecule has 0 saturated carbocycles. The van der Waals surface area contributed by atoms with Crippen LogP contribution in [0.15, 0.2) is 35.4 Å². The summed E-state index contributed by atoms with van der Waals surface area (Å²) < 4.78 is 1.32. The number of carbonyl (C=O) groups is 1. The lowest BCUT2D eigenvalue weighted by atomic mass is 10.2. The van der Waals surface area contributed by atoms with E-state index < -0.39 is 0 Å². The molecule has 6 heteroatoms. The molecule has 2 aromatic rings. The Labute approximate surface area is 128 Å². The molecule has 1 aromatic carbocycles. The van der Waals surface area contributed by atoms with Gasteiger partial charge >= 0.3 is 0 Å². The quantitative estimate of drug-likeness (QED) is 0.714. The molecule has 1 aromatic heterocycles. The number of carbonyl (C=O) groups excluding carboxylic acids is 1. The normalized spacial score (nSPS) is 10.8. The second-order valence-electron chi connectivity index (χ2n) is 5.18. The first-order chi connectivity index (χ1) is 10.7. The van der Waals surface area contributed by atoms with E-state index >= 15 is 0 Å². The number of amides is 1. The molecule has 0 unspecified atom stereocenters. The van der Waals surface area contributed by atoms with Crippen LogP contribution in [0.2, 0.25) is 0 Å². The molecule has 0 saturated heterocycles. The Balaban J connectivity index is 1.87. The molecule has 0 atom stereocenters. The predicted octanol–water partition coefficient (Wildman–Crippen LogP) is 1.07. The number of benzene rings is 1. The fourth-order valence-corrected chi connectivity index (χ4v) is 2.25. The Bertz CT molecular complexity index is 682. The number of aliphatic hydroxyl groups excluding tert-OH is 1. The van der Waals surface area contributed by atoms with Crippen LogP contribution in [0, 0.1) is 0 Å². The van der Waals surface area contributed by atoms with Gasteiger partial charge in [-0.1, -0.05) is 25.0 Å². The van der Waals surface area contributed by atoms with Crippen molar-refractivity contribution in [1.82, 2.24) is 14.9 Å². The minimum Gasteiger partial charge on any atom is -0.396 e. The van der Waals surface area contributed by atoms with Crippen LogP contribution in [0.3, 0.4) is 0 Å². The summed E-state index contributed by atoms with van der Waals surface area (Å²) in [5, 5.41) is 12.0. The third kappa shape index (κ3) is 4.39. The van der Waals surface area contributed by atoms with Crippen LogP contribution in [-0.4, -0.2) is 33.7 Å². The first-order valence-corrected chi connectivity index (χ1v) is 7.54. The van der Waals surface area contributed by atoms with E-state index in [1.807, 2.05) is 6.07 Å². The third-order valence-electron chi connectivity index (χ3n) is 3.45. The zero-order chi connectivity index (χ0) is 15.8. The summed E-state index contributed by atoms with van der Waals surface area (Å²) in [5.41, 5.74) is 0.428. The van der Waals surface area contributed by atoms with E-state index in [1.54, 1.807) is 18.2 Å². The maximum atomic E-state index is 12.2. The largest absolute Gasteiger partial charge is 0.396 e. The van der Waals surface area contributed by atoms with Gasteiger partial charge in [0.25, 0.3) is 5.56 Å². The van der Waals surface area contributed by atoms with Crippen LogP contribution >= 0.6 is 0 Å². The molecule has 2 rings (SSSR count). The highest BCUT2D eigenvalue weighted by Gasteiger charge is 2.07. The van der Waals surface area contributed by atoms with Crippen molar-refractivity contribution in [3.63, 3.8) is 0 Å². The number of hydrogen-bond donors (Lipinski definition) is 2. The molecule has 118 valence electrons. The molecule has 0 spiro atoms. The smallest absolute Gasteiger partial charge is 0.261 e. The van der Waals surface area contributed by atoms with Crippen LogP contribution < -0.4 is 10.9 Å². The number of unbranched alkanes of at least 4 members (excludes halogenated alkanes) is 3. The standard InChI is InChI=1S/C16H21N3O3/c20-10-6-2-1-5-9-17-15(21)11-19-12-18-14-8-4-3-7-13(14)16(19)22/h3-4,7-8,12,20H,1-2,5-6,9-11H2,(H,17,21). The van der Waals surface area contributed by atoms with E-state index in [0.29, 0.717) is 17.4 Å². The van der Waals surface area contributed by atoms with E-state index in [1.165, 1.54) is 10.9 Å². The van der Waals surface area contributed by atoms with Crippen molar-refractivity contribution in [2.75, 3.05) is 13.2 Å².